The molecule has 0 rings (SSSR count). The molecule has 0 aromatic heterocycles. The third kappa shape index (κ3) is 26.7. The zero-order valence-corrected chi connectivity index (χ0v) is 25.3. The number of rotatable bonds is 30. The number of ether oxygens (including phenoxy) is 2. The normalized spacial score (nSPS) is 11.6. The second kappa shape index (κ2) is 29.9. The van der Waals surface area contributed by atoms with Gasteiger partial charge in [0.15, 0.2) is 0 Å². The number of aliphatic hydroxyl groups excluding tert-OH is 1. The van der Waals surface area contributed by atoms with Crippen molar-refractivity contribution in [1.82, 2.24) is 4.90 Å². The zero-order valence-electron chi connectivity index (χ0n) is 25.3. The Balaban J connectivity index is 3.53. The highest BCUT2D eigenvalue weighted by Gasteiger charge is 2.06. The highest BCUT2D eigenvalue weighted by Crippen LogP contribution is 2.11. The summed E-state index contributed by atoms with van der Waals surface area (Å²) in [7, 11) is 0. The fourth-order valence-corrected chi connectivity index (χ4v) is 4.85. The lowest BCUT2D eigenvalue weighted by atomic mass is 10.1. The van der Waals surface area contributed by atoms with Gasteiger partial charge in [-0.3, -0.25) is 4.79 Å². The van der Waals surface area contributed by atoms with E-state index in [1.54, 1.807) is 0 Å². The average Bonchev–Trinajstić information content (AvgIpc) is 2.90. The maximum atomic E-state index is 11.9. The molecular weight excluding hydrogens is 462 g/mol. The SMILES string of the molecule is CCCCCCCCCOC(=O)CCCCCCCN(CCO)CCCCCCCCOC(CC)CC. The molecule has 0 spiro atoms. The van der Waals surface area contributed by atoms with Crippen molar-refractivity contribution in [3.63, 3.8) is 0 Å². The van der Waals surface area contributed by atoms with Crippen LogP contribution in [0.4, 0.5) is 0 Å². The molecule has 5 heteroatoms. The van der Waals surface area contributed by atoms with E-state index in [0.29, 0.717) is 19.1 Å². The monoisotopic (exact) mass is 527 g/mol. The number of hydrogen-bond acceptors (Lipinski definition) is 5. The van der Waals surface area contributed by atoms with E-state index in [2.05, 4.69) is 25.7 Å². The molecule has 222 valence electrons. The van der Waals surface area contributed by atoms with Gasteiger partial charge in [-0.15, -0.1) is 0 Å². The van der Waals surface area contributed by atoms with Crippen LogP contribution in [0.3, 0.4) is 0 Å². The summed E-state index contributed by atoms with van der Waals surface area (Å²) < 4.78 is 11.3. The first kappa shape index (κ1) is 36.4. The number of esters is 1. The molecule has 0 amide bonds. The van der Waals surface area contributed by atoms with Gasteiger partial charge in [0.05, 0.1) is 19.3 Å². The van der Waals surface area contributed by atoms with Crippen LogP contribution in [-0.2, 0) is 14.3 Å². The highest BCUT2D eigenvalue weighted by molar-refractivity contribution is 5.69. The van der Waals surface area contributed by atoms with Gasteiger partial charge in [0.25, 0.3) is 0 Å². The topological polar surface area (TPSA) is 59.0 Å². The van der Waals surface area contributed by atoms with Gasteiger partial charge in [-0.25, -0.2) is 0 Å². The lowest BCUT2D eigenvalue weighted by Crippen LogP contribution is -2.29. The van der Waals surface area contributed by atoms with Crippen LogP contribution in [0, 0.1) is 0 Å². The molecule has 0 fully saturated rings. The largest absolute Gasteiger partial charge is 0.466 e. The van der Waals surface area contributed by atoms with Gasteiger partial charge in [-0.2, -0.15) is 0 Å². The summed E-state index contributed by atoms with van der Waals surface area (Å²) in [5, 5.41) is 9.40. The quantitative estimate of drug-likeness (QED) is 0.0750. The molecule has 0 aliphatic rings. The Morgan fingerprint density at radius 3 is 1.65 bits per heavy atom. The van der Waals surface area contributed by atoms with Crippen molar-refractivity contribution < 1.29 is 19.4 Å². The lowest BCUT2D eigenvalue weighted by molar-refractivity contribution is -0.143. The number of carbonyl (C=O) groups excluding carboxylic acids is 1. The molecule has 0 aliphatic heterocycles. The minimum absolute atomic E-state index is 0.0185. The summed E-state index contributed by atoms with van der Waals surface area (Å²) in [6.45, 7) is 11.4. The van der Waals surface area contributed by atoms with E-state index >= 15 is 0 Å². The molecule has 1 N–H and O–H groups in total. The van der Waals surface area contributed by atoms with Crippen molar-refractivity contribution in [2.45, 2.75) is 162 Å². The molecule has 0 saturated heterocycles. The lowest BCUT2D eigenvalue weighted by Gasteiger charge is -2.21. The first-order valence-corrected chi connectivity index (χ1v) is 16.3. The molecule has 0 atom stereocenters. The standard InChI is InChI=1S/C32H65NO4/c1-4-7-8-9-11-18-23-30-37-32(35)24-19-14-13-16-21-26-33(27-28-34)25-20-15-10-12-17-22-29-36-31(5-2)6-3/h31,34H,4-30H2,1-3H3. The fourth-order valence-electron chi connectivity index (χ4n) is 4.85. The Kier molecular flexibility index (Phi) is 29.4. The summed E-state index contributed by atoms with van der Waals surface area (Å²) in [6.07, 6.45) is 25.2. The van der Waals surface area contributed by atoms with Gasteiger partial charge in [0, 0.05) is 19.6 Å². The Bertz CT molecular complexity index is 456. The van der Waals surface area contributed by atoms with Gasteiger partial charge in [-0.05, 0) is 58.0 Å². The average molecular weight is 528 g/mol. The molecule has 0 bridgehead atoms. The molecular formula is C32H65NO4. The van der Waals surface area contributed by atoms with Gasteiger partial charge in [0.1, 0.15) is 0 Å². The van der Waals surface area contributed by atoms with Crippen LogP contribution < -0.4 is 0 Å². The Hall–Kier alpha value is -0.650. The summed E-state index contributed by atoms with van der Waals surface area (Å²) in [5.74, 6) is -0.0185. The van der Waals surface area contributed by atoms with Crippen LogP contribution in [-0.4, -0.2) is 61.5 Å². The van der Waals surface area contributed by atoms with Gasteiger partial charge in [-0.1, -0.05) is 104 Å². The van der Waals surface area contributed by atoms with E-state index in [9.17, 15) is 9.90 Å². The van der Waals surface area contributed by atoms with Gasteiger partial charge >= 0.3 is 5.97 Å². The van der Waals surface area contributed by atoms with E-state index in [0.717, 1.165) is 58.3 Å². The molecule has 37 heavy (non-hydrogen) atoms. The van der Waals surface area contributed by atoms with E-state index in [1.807, 2.05) is 0 Å². The Morgan fingerprint density at radius 1 is 0.622 bits per heavy atom. The second-order valence-corrected chi connectivity index (χ2v) is 10.9. The van der Waals surface area contributed by atoms with Gasteiger partial charge < -0.3 is 19.5 Å². The summed E-state index contributed by atoms with van der Waals surface area (Å²) >= 11 is 0. The number of aliphatic hydroxyl groups is 1. The van der Waals surface area contributed by atoms with Crippen LogP contribution in [0.1, 0.15) is 156 Å². The molecule has 0 heterocycles. The maximum absolute atomic E-state index is 11.9. The maximum Gasteiger partial charge on any atom is 0.305 e. The molecule has 0 aromatic carbocycles. The van der Waals surface area contributed by atoms with E-state index in [-0.39, 0.29) is 12.6 Å². The van der Waals surface area contributed by atoms with E-state index in [4.69, 9.17) is 9.47 Å². The second-order valence-electron chi connectivity index (χ2n) is 10.9. The first-order valence-electron chi connectivity index (χ1n) is 16.3. The van der Waals surface area contributed by atoms with Crippen LogP contribution in [0.2, 0.25) is 0 Å². The zero-order chi connectivity index (χ0) is 27.2. The summed E-state index contributed by atoms with van der Waals surface area (Å²) in [5.41, 5.74) is 0. The highest BCUT2D eigenvalue weighted by atomic mass is 16.5. The molecule has 5 nitrogen and oxygen atoms in total. The minimum atomic E-state index is -0.0185. The van der Waals surface area contributed by atoms with Crippen molar-refractivity contribution in [3.8, 4) is 0 Å². The number of unbranched alkanes of at least 4 members (excludes halogenated alkanes) is 15. The number of hydrogen-bond donors (Lipinski definition) is 1. The summed E-state index contributed by atoms with van der Waals surface area (Å²) in [6, 6.07) is 0. The predicted octanol–water partition coefficient (Wildman–Crippen LogP) is 8.46. The van der Waals surface area contributed by atoms with Crippen molar-refractivity contribution in [2.75, 3.05) is 39.5 Å². The van der Waals surface area contributed by atoms with Gasteiger partial charge in [0.2, 0.25) is 0 Å². The number of nitrogens with zero attached hydrogens (tertiary/aromatic N) is 1. The van der Waals surface area contributed by atoms with Crippen LogP contribution >= 0.6 is 0 Å². The van der Waals surface area contributed by atoms with E-state index in [1.165, 1.54) is 96.3 Å². The fraction of sp³-hybridized carbons (Fsp3) is 0.969. The minimum Gasteiger partial charge on any atom is -0.466 e. The third-order valence-corrected chi connectivity index (χ3v) is 7.42. The van der Waals surface area contributed by atoms with Crippen molar-refractivity contribution >= 4 is 5.97 Å². The third-order valence-electron chi connectivity index (χ3n) is 7.42. The molecule has 0 radical (unpaired) electrons. The van der Waals surface area contributed by atoms with Crippen LogP contribution in [0.15, 0.2) is 0 Å². The van der Waals surface area contributed by atoms with Crippen LogP contribution in [0.25, 0.3) is 0 Å². The van der Waals surface area contributed by atoms with Crippen molar-refractivity contribution in [1.29, 1.82) is 0 Å². The van der Waals surface area contributed by atoms with Crippen LogP contribution in [0.5, 0.6) is 0 Å². The predicted molar refractivity (Wildman–Crippen MR) is 158 cm³/mol. The molecule has 0 aromatic rings. The van der Waals surface area contributed by atoms with E-state index < -0.39 is 0 Å². The Morgan fingerprint density at radius 2 is 1.11 bits per heavy atom. The molecule has 0 unspecified atom stereocenters. The first-order chi connectivity index (χ1) is 18.2. The smallest absolute Gasteiger partial charge is 0.305 e. The van der Waals surface area contributed by atoms with Crippen molar-refractivity contribution in [2.24, 2.45) is 0 Å². The van der Waals surface area contributed by atoms with Crippen molar-refractivity contribution in [3.05, 3.63) is 0 Å². The Labute approximate surface area is 231 Å². The number of carbonyl (C=O) groups is 1. The molecule has 0 aliphatic carbocycles. The molecule has 0 saturated carbocycles. The summed E-state index contributed by atoms with van der Waals surface area (Å²) in [4.78, 5) is 14.3.